The van der Waals surface area contributed by atoms with Gasteiger partial charge in [0.15, 0.2) is 17.1 Å². The average Bonchev–Trinajstić information content (AvgIpc) is 3.46. The second-order valence-electron chi connectivity index (χ2n) is 18.2. The number of nitrogens with zero attached hydrogens (tertiary/aromatic N) is 14. The fourth-order valence-corrected chi connectivity index (χ4v) is 9.13. The number of hydrogen-bond acceptors (Lipinski definition) is 10. The number of nitriles is 4. The lowest BCUT2D eigenvalue weighted by Gasteiger charge is -2.29. The molecular formula is C62H68N14+. The van der Waals surface area contributed by atoms with Crippen LogP contribution in [0.15, 0.2) is 121 Å². The maximum atomic E-state index is 9.29. The van der Waals surface area contributed by atoms with E-state index in [4.69, 9.17) is 26.3 Å². The lowest BCUT2D eigenvalue weighted by molar-refractivity contribution is 0.707. The molecule has 385 valence electrons. The van der Waals surface area contributed by atoms with Crippen LogP contribution in [-0.4, -0.2) is 78.5 Å². The van der Waals surface area contributed by atoms with Gasteiger partial charge in [0.1, 0.15) is 0 Å². The van der Waals surface area contributed by atoms with Crippen LogP contribution >= 0.6 is 0 Å². The highest BCUT2D eigenvalue weighted by molar-refractivity contribution is 5.80. The summed E-state index contributed by atoms with van der Waals surface area (Å²) in [5.74, 6) is 0. The number of unbranched alkanes of at least 4 members (excludes halogenated alkanes) is 4. The third-order valence-electron chi connectivity index (χ3n) is 12.9. The van der Waals surface area contributed by atoms with Crippen LogP contribution in [0.25, 0.3) is 19.4 Å². The lowest BCUT2D eigenvalue weighted by atomic mass is 10.1. The van der Waals surface area contributed by atoms with Crippen molar-refractivity contribution < 1.29 is 0 Å². The Labute approximate surface area is 452 Å². The van der Waals surface area contributed by atoms with Gasteiger partial charge in [-0.25, -0.2) is 26.3 Å². The summed E-state index contributed by atoms with van der Waals surface area (Å²) in [6, 6.07) is 51.4. The van der Waals surface area contributed by atoms with E-state index in [-0.39, 0.29) is 0 Å². The molecule has 0 unspecified atom stereocenters. The zero-order chi connectivity index (χ0) is 54.0. The summed E-state index contributed by atoms with van der Waals surface area (Å²) in [7, 11) is 0. The Morgan fingerprint density at radius 3 is 0.724 bits per heavy atom. The van der Waals surface area contributed by atoms with E-state index in [0.717, 1.165) is 134 Å². The highest BCUT2D eigenvalue weighted by Gasteiger charge is 2.28. The quantitative estimate of drug-likeness (QED) is 0.0224. The number of benzene rings is 5. The van der Waals surface area contributed by atoms with Gasteiger partial charge in [-0.05, 0) is 111 Å². The molecule has 0 aromatic heterocycles. The van der Waals surface area contributed by atoms with Gasteiger partial charge in [0.2, 0.25) is 26.2 Å². The first kappa shape index (κ1) is 57.9. The van der Waals surface area contributed by atoms with Crippen LogP contribution in [0.1, 0.15) is 77.0 Å². The summed E-state index contributed by atoms with van der Waals surface area (Å²) < 4.78 is 0. The Morgan fingerprint density at radius 2 is 0.500 bits per heavy atom. The van der Waals surface area contributed by atoms with Crippen LogP contribution < -0.4 is 29.4 Å². The zero-order valence-electron chi connectivity index (χ0n) is 43.8. The minimum Gasteiger partial charge on any atom is -0.371 e. The van der Waals surface area contributed by atoms with Crippen molar-refractivity contribution in [2.24, 2.45) is 0 Å². The fourth-order valence-electron chi connectivity index (χ4n) is 9.13. The number of anilines is 10. The van der Waals surface area contributed by atoms with Gasteiger partial charge in [0, 0.05) is 180 Å². The summed E-state index contributed by atoms with van der Waals surface area (Å²) in [4.78, 5) is 27.8. The third kappa shape index (κ3) is 18.2. The van der Waals surface area contributed by atoms with Crippen LogP contribution in [0.2, 0.25) is 0 Å². The molecule has 14 nitrogen and oxygen atoms in total. The standard InChI is InChI=1S/C62H68N14/c1-67-41-13-49-73(50-14-42-68-2)55-21-29-59(30-22-55)76(60-31-23-56(24-32-60)74(51-15-43-69-3)52-16-44-70-4)62-35-33-61(34-36-62)75(57-25-17-53(18-26-57)71(45-9-5-37-63)46-10-6-38-64)58-27-19-54(20-28-58)72(47-11-7-39-65)48-12-8-40-66/h17-36H,5-16,41-52H2/q+1. The molecule has 5 rings (SSSR count). The van der Waals surface area contributed by atoms with Gasteiger partial charge in [0.05, 0.1) is 24.3 Å². The van der Waals surface area contributed by atoms with E-state index in [1.807, 2.05) is 0 Å². The van der Waals surface area contributed by atoms with E-state index < -0.39 is 0 Å². The van der Waals surface area contributed by atoms with Crippen LogP contribution in [0.3, 0.4) is 0 Å². The molecule has 0 aliphatic carbocycles. The van der Waals surface area contributed by atoms with E-state index in [9.17, 15) is 21.0 Å². The molecule has 0 spiro atoms. The Hall–Kier alpha value is -9.02. The van der Waals surface area contributed by atoms with Crippen LogP contribution in [0.4, 0.5) is 56.9 Å². The molecular weight excluding hydrogens is 941 g/mol. The Kier molecular flexibility index (Phi) is 25.6. The van der Waals surface area contributed by atoms with Crippen molar-refractivity contribution in [2.75, 3.05) is 103 Å². The Morgan fingerprint density at radius 1 is 0.303 bits per heavy atom. The fraction of sp³-hybridized carbons (Fsp3) is 0.387. The predicted molar refractivity (Wildman–Crippen MR) is 308 cm³/mol. The molecule has 1 radical (unpaired) electrons. The van der Waals surface area contributed by atoms with E-state index in [1.54, 1.807) is 0 Å². The SMILES string of the molecule is [C-]#[N+]CCCN(CCC[N+]#[C-])c1ccc(N(c2ccc(N(CCC[N+]#[C-])CCC[N+]#[C-])cc2)c2ccc([N+](c3ccc(N(CCCC#N)CCCC#N)cc3)c3ccc(N(CCCC#N)CCCC#N)cc3)cc2)cc1. The van der Waals surface area contributed by atoms with Gasteiger partial charge >= 0.3 is 0 Å². The minimum absolute atomic E-state index is 0.446. The topological polar surface area (TPSA) is 135 Å². The molecule has 0 N–H and O–H groups in total. The summed E-state index contributed by atoms with van der Waals surface area (Å²) in [5, 5.41) is 37.1. The molecule has 14 heteroatoms. The van der Waals surface area contributed by atoms with Crippen molar-refractivity contribution in [2.45, 2.75) is 77.0 Å². The van der Waals surface area contributed by atoms with Crippen molar-refractivity contribution >= 4 is 56.9 Å². The Balaban J connectivity index is 1.59. The first-order valence-electron chi connectivity index (χ1n) is 26.3. The van der Waals surface area contributed by atoms with Crippen molar-refractivity contribution in [3.8, 4) is 24.3 Å². The second-order valence-corrected chi connectivity index (χ2v) is 18.2. The summed E-state index contributed by atoms with van der Waals surface area (Å²) >= 11 is 0. The first-order chi connectivity index (χ1) is 37.4. The average molecular weight is 1010 g/mol. The molecule has 0 bridgehead atoms. The van der Waals surface area contributed by atoms with Crippen molar-refractivity contribution in [1.29, 1.82) is 21.0 Å². The lowest BCUT2D eigenvalue weighted by Crippen LogP contribution is -2.26. The van der Waals surface area contributed by atoms with E-state index in [0.29, 0.717) is 78.0 Å². The smallest absolute Gasteiger partial charge is 0.216 e. The van der Waals surface area contributed by atoms with Crippen LogP contribution in [-0.2, 0) is 0 Å². The molecule has 76 heavy (non-hydrogen) atoms. The van der Waals surface area contributed by atoms with Gasteiger partial charge in [-0.2, -0.15) is 21.0 Å². The second kappa shape index (κ2) is 33.7. The molecule has 0 saturated heterocycles. The largest absolute Gasteiger partial charge is 0.371 e. The van der Waals surface area contributed by atoms with Gasteiger partial charge < -0.3 is 43.9 Å². The Bertz CT molecular complexity index is 2390. The monoisotopic (exact) mass is 1010 g/mol. The molecule has 0 atom stereocenters. The van der Waals surface area contributed by atoms with Crippen molar-refractivity contribution in [3.05, 3.63) is 167 Å². The highest BCUT2D eigenvalue weighted by Crippen LogP contribution is 2.41. The molecule has 0 aliphatic rings. The van der Waals surface area contributed by atoms with Crippen molar-refractivity contribution in [3.63, 3.8) is 0 Å². The molecule has 0 saturated carbocycles. The molecule has 5 aromatic carbocycles. The maximum absolute atomic E-state index is 9.29. The molecule has 0 aliphatic heterocycles. The van der Waals surface area contributed by atoms with E-state index >= 15 is 0 Å². The number of hydrogen-bond donors (Lipinski definition) is 0. The van der Waals surface area contributed by atoms with Gasteiger partial charge in [-0.3, -0.25) is 0 Å². The zero-order valence-corrected chi connectivity index (χ0v) is 43.8. The van der Waals surface area contributed by atoms with E-state index in [2.05, 4.69) is 194 Å². The first-order valence-corrected chi connectivity index (χ1v) is 26.3. The highest BCUT2D eigenvalue weighted by atomic mass is 15.2. The minimum atomic E-state index is 0.446. The van der Waals surface area contributed by atoms with Crippen LogP contribution in [0, 0.1) is 71.6 Å². The van der Waals surface area contributed by atoms with Gasteiger partial charge in [-0.15, -0.1) is 0 Å². The van der Waals surface area contributed by atoms with Crippen molar-refractivity contribution in [1.82, 2.24) is 4.90 Å². The summed E-state index contributed by atoms with van der Waals surface area (Å²) in [6.07, 6.45) is 7.69. The summed E-state index contributed by atoms with van der Waals surface area (Å²) in [6.45, 7) is 36.9. The normalized spacial score (nSPS) is 10.3. The van der Waals surface area contributed by atoms with Gasteiger partial charge in [0.25, 0.3) is 0 Å². The maximum Gasteiger partial charge on any atom is 0.216 e. The number of rotatable bonds is 34. The predicted octanol–water partition coefficient (Wildman–Crippen LogP) is 14.3. The van der Waals surface area contributed by atoms with Crippen LogP contribution in [0.5, 0.6) is 0 Å². The summed E-state index contributed by atoms with van der Waals surface area (Å²) in [5.41, 5.74) is 9.75. The van der Waals surface area contributed by atoms with Gasteiger partial charge in [-0.1, -0.05) is 4.90 Å². The molecule has 0 amide bonds. The molecule has 0 fully saturated rings. The third-order valence-corrected chi connectivity index (χ3v) is 12.9. The molecule has 0 heterocycles. The molecule has 5 aromatic rings. The van der Waals surface area contributed by atoms with E-state index in [1.165, 1.54) is 0 Å².